The molecule has 0 aromatic carbocycles. The highest BCUT2D eigenvalue weighted by atomic mass is 16.8. The van der Waals surface area contributed by atoms with Gasteiger partial charge in [0.25, 0.3) is 5.79 Å². The molecule has 23 heteroatoms. The maximum absolute atomic E-state index is 13.6. The van der Waals surface area contributed by atoms with Crippen LogP contribution in [0.15, 0.2) is 0 Å². The number of aliphatic carboxylic acids is 1. The number of hydrogen-bond acceptors (Lipinski definition) is 20. The van der Waals surface area contributed by atoms with Gasteiger partial charge < -0.3 is 100 Å². The van der Waals surface area contributed by atoms with Gasteiger partial charge in [0.1, 0.15) is 67.1 Å². The van der Waals surface area contributed by atoms with Gasteiger partial charge in [0, 0.05) is 19.8 Å². The first kappa shape index (κ1) is 92.9. The summed E-state index contributed by atoms with van der Waals surface area (Å²) in [6, 6.07) is -2.53. The summed E-state index contributed by atoms with van der Waals surface area (Å²) in [5.74, 6) is -6.09. The third-order valence-electron chi connectivity index (χ3n) is 21.1. The van der Waals surface area contributed by atoms with Crippen molar-refractivity contribution in [2.45, 2.75) is 452 Å². The van der Waals surface area contributed by atoms with Gasteiger partial charge in [-0.25, -0.2) is 4.79 Å². The molecule has 18 unspecified atom stereocenters. The van der Waals surface area contributed by atoms with E-state index in [1.807, 2.05) is 0 Å². The highest BCUT2D eigenvalue weighted by Crippen LogP contribution is 2.39. The highest BCUT2D eigenvalue weighted by Gasteiger charge is 2.60. The lowest BCUT2D eigenvalue weighted by atomic mass is 9.88. The molecule has 0 aromatic heterocycles. The van der Waals surface area contributed by atoms with E-state index in [9.17, 15) is 75.7 Å². The summed E-state index contributed by atoms with van der Waals surface area (Å²) in [6.45, 7) is 2.28. The Bertz CT molecular complexity index is 2020. The summed E-state index contributed by atoms with van der Waals surface area (Å²) in [5.41, 5.74) is 0. The average Bonchev–Trinajstić information content (AvgIpc) is 0.756. The van der Waals surface area contributed by atoms with Gasteiger partial charge in [-0.1, -0.05) is 309 Å². The van der Waals surface area contributed by atoms with Crippen molar-refractivity contribution in [2.24, 2.45) is 0 Å². The predicted octanol–water partition coefficient (Wildman–Crippen LogP) is 10.8. The van der Waals surface area contributed by atoms with Crippen LogP contribution in [0, 0.1) is 0 Å². The van der Waals surface area contributed by atoms with Crippen LogP contribution < -0.4 is 10.6 Å². The molecule has 101 heavy (non-hydrogen) atoms. The third-order valence-corrected chi connectivity index (χ3v) is 21.1. The second-order valence-corrected chi connectivity index (χ2v) is 30.0. The number of rotatable bonds is 65. The summed E-state index contributed by atoms with van der Waals surface area (Å²) in [5, 5.41) is 137. The van der Waals surface area contributed by atoms with Crippen LogP contribution in [-0.4, -0.2) is 215 Å². The van der Waals surface area contributed by atoms with E-state index in [0.717, 1.165) is 51.9 Å². The molecule has 23 nitrogen and oxygen atoms in total. The van der Waals surface area contributed by atoms with Crippen molar-refractivity contribution in [2.75, 3.05) is 26.4 Å². The SMILES string of the molecule is CCCCCCCCCCCCCCCCCCCCCCCCCCCC(O)C(COC1OC(CO)C(OC2OC(CO)C(O)C(OC3(C(=O)O)CC(O)C(NC(C)=O)C(C(O)C(O)CO)O3)C2O)C(O)C1O)NC(=O)CCCCCCCCCCCCCCCCCCCCCCCC. The zero-order valence-corrected chi connectivity index (χ0v) is 63.0. The Hall–Kier alpha value is -2.27. The average molecular weight is 1450 g/mol. The number of aliphatic hydroxyl groups is 11. The molecule has 0 radical (unpaired) electrons. The fourth-order valence-electron chi connectivity index (χ4n) is 14.6. The third kappa shape index (κ3) is 38.4. The molecule has 2 amide bonds. The van der Waals surface area contributed by atoms with Crippen molar-refractivity contribution in [3.05, 3.63) is 0 Å². The number of carbonyl (C=O) groups excluding carboxylic acids is 2. The van der Waals surface area contributed by atoms with Crippen LogP contribution in [0.25, 0.3) is 0 Å². The molecular formula is C78H148N2O21. The summed E-state index contributed by atoms with van der Waals surface area (Å²) < 4.78 is 35.0. The van der Waals surface area contributed by atoms with Gasteiger partial charge in [0.05, 0.1) is 50.7 Å². The maximum atomic E-state index is 13.6. The Morgan fingerprint density at radius 3 is 1.24 bits per heavy atom. The summed E-state index contributed by atoms with van der Waals surface area (Å²) in [6.07, 6.45) is 30.9. The molecule has 3 saturated heterocycles. The largest absolute Gasteiger partial charge is 0.477 e. The molecule has 0 spiro atoms. The fraction of sp³-hybridized carbons (Fsp3) is 0.962. The second kappa shape index (κ2) is 57.8. The Kier molecular flexibility index (Phi) is 53.2. The van der Waals surface area contributed by atoms with E-state index in [1.54, 1.807) is 0 Å². The monoisotopic (exact) mass is 1450 g/mol. The highest BCUT2D eigenvalue weighted by molar-refractivity contribution is 5.77. The Balaban J connectivity index is 1.51. The molecule has 3 fully saturated rings. The number of amides is 2. The van der Waals surface area contributed by atoms with E-state index >= 15 is 0 Å². The predicted molar refractivity (Wildman–Crippen MR) is 389 cm³/mol. The van der Waals surface area contributed by atoms with Crippen LogP contribution in [0.5, 0.6) is 0 Å². The molecule has 0 bridgehead atoms. The van der Waals surface area contributed by atoms with E-state index in [2.05, 4.69) is 24.5 Å². The number of carboxylic acids is 1. The Morgan fingerprint density at radius 2 is 0.861 bits per heavy atom. The van der Waals surface area contributed by atoms with Gasteiger partial charge in [-0.3, -0.25) is 9.59 Å². The van der Waals surface area contributed by atoms with Gasteiger partial charge in [-0.05, 0) is 12.8 Å². The van der Waals surface area contributed by atoms with Gasteiger partial charge in [-0.15, -0.1) is 0 Å². The number of ether oxygens (including phenoxy) is 6. The van der Waals surface area contributed by atoms with Crippen LogP contribution >= 0.6 is 0 Å². The molecule has 18 atom stereocenters. The molecule has 3 heterocycles. The van der Waals surface area contributed by atoms with Crippen molar-refractivity contribution in [3.63, 3.8) is 0 Å². The van der Waals surface area contributed by atoms with E-state index in [-0.39, 0.29) is 18.9 Å². The molecule has 0 aliphatic carbocycles. The van der Waals surface area contributed by atoms with Crippen molar-refractivity contribution in [1.82, 2.24) is 10.6 Å². The van der Waals surface area contributed by atoms with Crippen molar-refractivity contribution >= 4 is 17.8 Å². The Labute approximate surface area is 608 Å². The molecule has 0 aromatic rings. The molecule has 3 aliphatic rings. The van der Waals surface area contributed by atoms with Gasteiger partial charge in [-0.2, -0.15) is 0 Å². The van der Waals surface area contributed by atoms with Gasteiger partial charge >= 0.3 is 5.97 Å². The number of unbranched alkanes of at least 4 members (excludes halogenated alkanes) is 45. The zero-order chi connectivity index (χ0) is 73.9. The van der Waals surface area contributed by atoms with Gasteiger partial charge in [0.2, 0.25) is 11.8 Å². The summed E-state index contributed by atoms with van der Waals surface area (Å²) >= 11 is 0. The lowest BCUT2D eigenvalue weighted by Crippen LogP contribution is -2.70. The first-order valence-corrected chi connectivity index (χ1v) is 40.9. The van der Waals surface area contributed by atoms with Crippen LogP contribution in [0.4, 0.5) is 0 Å². The summed E-state index contributed by atoms with van der Waals surface area (Å²) in [4.78, 5) is 38.7. The fourth-order valence-corrected chi connectivity index (χ4v) is 14.6. The normalized spacial score (nSPS) is 26.7. The molecule has 14 N–H and O–H groups in total. The number of aliphatic hydroxyl groups excluding tert-OH is 11. The van der Waals surface area contributed by atoms with Crippen molar-refractivity contribution in [1.29, 1.82) is 0 Å². The lowest BCUT2D eigenvalue weighted by Gasteiger charge is -2.50. The number of nitrogens with one attached hydrogen (secondary N) is 2. The first-order valence-electron chi connectivity index (χ1n) is 40.9. The van der Waals surface area contributed by atoms with E-state index in [1.165, 1.54) is 244 Å². The van der Waals surface area contributed by atoms with Gasteiger partial charge in [0.15, 0.2) is 12.6 Å². The second-order valence-electron chi connectivity index (χ2n) is 30.0. The maximum Gasteiger partial charge on any atom is 0.364 e. The minimum atomic E-state index is -3.08. The number of carbonyl (C=O) groups is 3. The minimum absolute atomic E-state index is 0.230. The summed E-state index contributed by atoms with van der Waals surface area (Å²) in [7, 11) is 0. The first-order chi connectivity index (χ1) is 48.9. The van der Waals surface area contributed by atoms with Crippen LogP contribution in [0.3, 0.4) is 0 Å². The number of hydrogen-bond donors (Lipinski definition) is 14. The van der Waals surface area contributed by atoms with E-state index in [0.29, 0.717) is 19.3 Å². The van der Waals surface area contributed by atoms with Crippen molar-refractivity contribution in [3.8, 4) is 0 Å². The molecule has 3 rings (SSSR count). The van der Waals surface area contributed by atoms with E-state index in [4.69, 9.17) is 28.4 Å². The quantitative estimate of drug-likeness (QED) is 0.0252. The molecule has 596 valence electrons. The lowest BCUT2D eigenvalue weighted by molar-refractivity contribution is -0.386. The standard InChI is InChI=1S/C78H148N2O21/c1-4-6-8-10-12-14-16-18-20-22-24-26-28-29-30-31-33-35-37-39-41-43-45-47-49-51-60(85)59(80-65(88)52-50-48-46-44-42-40-38-36-34-32-27-25-23-21-19-17-15-13-11-9-7-5-2)57-96-75-70(92)69(91)72(64(56-83)98-75)99-76-71(93)74(68(90)63(55-82)97-76)101-78(77(94)95)53-61(86)66(79-58(3)84)73(100-78)67(89)62(87)54-81/h59-64,66-76,81-83,85-87,89-93H,4-57H2,1-3H3,(H,79,84)(H,80,88)(H,94,95). The molecule has 3 aliphatic heterocycles. The van der Waals surface area contributed by atoms with Crippen LogP contribution in [-0.2, 0) is 42.8 Å². The number of carboxylic acid groups (broad SMARTS) is 1. The topological polar surface area (TPSA) is 373 Å². The van der Waals surface area contributed by atoms with Crippen molar-refractivity contribution < 1.29 is 104 Å². The van der Waals surface area contributed by atoms with Crippen LogP contribution in [0.2, 0.25) is 0 Å². The molecule has 0 saturated carbocycles. The zero-order valence-electron chi connectivity index (χ0n) is 63.0. The van der Waals surface area contributed by atoms with Crippen LogP contribution in [0.1, 0.15) is 342 Å². The Morgan fingerprint density at radius 1 is 0.475 bits per heavy atom. The minimum Gasteiger partial charge on any atom is -0.477 e. The van der Waals surface area contributed by atoms with E-state index < -0.39 is 148 Å². The smallest absolute Gasteiger partial charge is 0.364 e. The molecular weight excluding hydrogens is 1300 g/mol.